The van der Waals surface area contributed by atoms with E-state index >= 15 is 0 Å². The molecule has 0 unspecified atom stereocenters. The van der Waals surface area contributed by atoms with E-state index in [2.05, 4.69) is 211 Å². The molecule has 0 atom stereocenters. The fourth-order valence-electron chi connectivity index (χ4n) is 10.4. The summed E-state index contributed by atoms with van der Waals surface area (Å²) >= 11 is 0. The molecule has 0 spiro atoms. The Balaban J connectivity index is 1.06. The Morgan fingerprint density at radius 1 is 0.458 bits per heavy atom. The quantitative estimate of drug-likeness (QED) is 0.157. The van der Waals surface area contributed by atoms with Gasteiger partial charge >= 0.3 is 0 Å². The predicted octanol–water partition coefficient (Wildman–Crippen LogP) is 15.9. The van der Waals surface area contributed by atoms with Gasteiger partial charge in [-0.3, -0.25) is 0 Å². The van der Waals surface area contributed by atoms with Gasteiger partial charge in [0.2, 0.25) is 0 Å². The van der Waals surface area contributed by atoms with Crippen molar-refractivity contribution in [2.24, 2.45) is 0 Å². The van der Waals surface area contributed by atoms with Crippen LogP contribution in [0, 0.1) is 0 Å². The van der Waals surface area contributed by atoms with Crippen molar-refractivity contribution in [1.29, 1.82) is 0 Å². The van der Waals surface area contributed by atoms with Crippen LogP contribution in [0.2, 0.25) is 0 Å². The van der Waals surface area contributed by atoms with Crippen LogP contribution >= 0.6 is 0 Å². The maximum Gasteiger partial charge on any atom is 0.0541 e. The van der Waals surface area contributed by atoms with Gasteiger partial charge in [-0.15, -0.1) is 0 Å². The van der Waals surface area contributed by atoms with Gasteiger partial charge in [0, 0.05) is 38.8 Å². The zero-order valence-corrected chi connectivity index (χ0v) is 33.9. The molecule has 0 bridgehead atoms. The van der Waals surface area contributed by atoms with Crippen LogP contribution in [0.15, 0.2) is 188 Å². The second kappa shape index (κ2) is 14.3. The number of aromatic nitrogens is 1. The highest BCUT2D eigenvalue weighted by Crippen LogP contribution is 2.52. The third kappa shape index (κ3) is 5.92. The van der Waals surface area contributed by atoms with Crippen LogP contribution in [0.1, 0.15) is 68.6 Å². The predicted molar refractivity (Wildman–Crippen MR) is 250 cm³/mol. The molecule has 11 rings (SSSR count). The summed E-state index contributed by atoms with van der Waals surface area (Å²) in [6, 6.07) is 70.1. The van der Waals surface area contributed by atoms with E-state index in [0.29, 0.717) is 5.92 Å². The number of benzene rings is 8. The van der Waals surface area contributed by atoms with Gasteiger partial charge in [0.15, 0.2) is 0 Å². The van der Waals surface area contributed by atoms with E-state index in [-0.39, 0.29) is 5.41 Å². The SMILES string of the molecule is CC1(C)c2cc(N(c3ccc(C4CCCCC4)cc3)c3ccccc3-c3ccccc3-c3ccccc3)ccc2-c2ccc(-n3c4ccccc4c4ccccc43)cc21. The highest BCUT2D eigenvalue weighted by Gasteiger charge is 2.37. The fraction of sp³-hybridized carbons (Fsp3) is 0.158. The first kappa shape index (κ1) is 35.5. The summed E-state index contributed by atoms with van der Waals surface area (Å²) in [5.74, 6) is 0.656. The van der Waals surface area contributed by atoms with Crippen molar-refractivity contribution >= 4 is 38.9 Å². The van der Waals surface area contributed by atoms with Gasteiger partial charge in [-0.25, -0.2) is 0 Å². The van der Waals surface area contributed by atoms with Gasteiger partial charge in [0.05, 0.1) is 16.7 Å². The molecule has 59 heavy (non-hydrogen) atoms. The molecule has 1 heterocycles. The van der Waals surface area contributed by atoms with Crippen LogP contribution in [0.5, 0.6) is 0 Å². The molecule has 0 aliphatic heterocycles. The average molecular weight is 761 g/mol. The Labute approximate surface area is 348 Å². The van der Waals surface area contributed by atoms with Crippen LogP contribution in [0.3, 0.4) is 0 Å². The van der Waals surface area contributed by atoms with Crippen LogP contribution in [-0.2, 0) is 5.41 Å². The second-order valence-corrected chi connectivity index (χ2v) is 17.1. The van der Waals surface area contributed by atoms with Crippen molar-refractivity contribution in [3.8, 4) is 39.1 Å². The lowest BCUT2D eigenvalue weighted by Crippen LogP contribution is -2.17. The molecule has 2 aliphatic carbocycles. The van der Waals surface area contributed by atoms with Gasteiger partial charge < -0.3 is 9.47 Å². The van der Waals surface area contributed by atoms with Crippen molar-refractivity contribution in [1.82, 2.24) is 4.57 Å². The van der Waals surface area contributed by atoms with Crippen LogP contribution in [-0.4, -0.2) is 4.57 Å². The lowest BCUT2D eigenvalue weighted by molar-refractivity contribution is 0.443. The Hall–Kier alpha value is -6.64. The molecule has 1 aromatic heterocycles. The zero-order chi connectivity index (χ0) is 39.5. The molecule has 8 aromatic carbocycles. The minimum Gasteiger partial charge on any atom is -0.310 e. The molecule has 286 valence electrons. The third-order valence-electron chi connectivity index (χ3n) is 13.4. The summed E-state index contributed by atoms with van der Waals surface area (Å²) in [5, 5.41) is 2.57. The van der Waals surface area contributed by atoms with E-state index in [1.165, 1.54) is 127 Å². The number of para-hydroxylation sites is 3. The maximum atomic E-state index is 2.50. The smallest absolute Gasteiger partial charge is 0.0541 e. The molecule has 1 saturated carbocycles. The van der Waals surface area contributed by atoms with Gasteiger partial charge in [-0.2, -0.15) is 0 Å². The number of anilines is 3. The number of fused-ring (bicyclic) bond motifs is 6. The Morgan fingerprint density at radius 3 is 1.73 bits per heavy atom. The minimum absolute atomic E-state index is 0.217. The standard InChI is InChI=1S/C57H48N2/c1-57(2)52-37-43(33-35-47(52)48-36-34-44(38-53(48)57)59-55-27-15-12-24-50(55)51-25-13-16-28-56(51)59)58(42-31-29-40(30-32-42)39-17-5-3-6-18-39)54-26-14-11-23-49(54)46-22-10-9-21-45(46)41-19-7-4-8-20-41/h4,7-16,19-39H,3,5-6,17-18H2,1-2H3. The van der Waals surface area contributed by atoms with Crippen molar-refractivity contribution in [3.63, 3.8) is 0 Å². The van der Waals surface area contributed by atoms with E-state index in [9.17, 15) is 0 Å². The van der Waals surface area contributed by atoms with E-state index in [0.717, 1.165) is 0 Å². The van der Waals surface area contributed by atoms with Crippen molar-refractivity contribution < 1.29 is 0 Å². The first-order valence-corrected chi connectivity index (χ1v) is 21.5. The number of nitrogens with zero attached hydrogens (tertiary/aromatic N) is 2. The molecule has 0 saturated heterocycles. The lowest BCUT2D eigenvalue weighted by Gasteiger charge is -2.30. The van der Waals surface area contributed by atoms with Gasteiger partial charge in [0.1, 0.15) is 0 Å². The molecule has 2 aliphatic rings. The first-order chi connectivity index (χ1) is 29.0. The highest BCUT2D eigenvalue weighted by atomic mass is 15.1. The van der Waals surface area contributed by atoms with Crippen LogP contribution in [0.25, 0.3) is 60.9 Å². The summed E-state index contributed by atoms with van der Waals surface area (Å²) in [4.78, 5) is 2.50. The highest BCUT2D eigenvalue weighted by molar-refractivity contribution is 6.09. The monoisotopic (exact) mass is 760 g/mol. The number of hydrogen-bond acceptors (Lipinski definition) is 1. The first-order valence-electron chi connectivity index (χ1n) is 21.5. The minimum atomic E-state index is -0.217. The Bertz CT molecular complexity index is 2940. The molecule has 9 aromatic rings. The molecular formula is C57H48N2. The summed E-state index contributed by atoms with van der Waals surface area (Å²) in [6.45, 7) is 4.81. The van der Waals surface area contributed by atoms with Gasteiger partial charge in [0.25, 0.3) is 0 Å². The molecule has 2 heteroatoms. The second-order valence-electron chi connectivity index (χ2n) is 17.1. The molecule has 2 nitrogen and oxygen atoms in total. The largest absolute Gasteiger partial charge is 0.310 e. The molecule has 0 N–H and O–H groups in total. The van der Waals surface area contributed by atoms with Gasteiger partial charge in [-0.05, 0) is 118 Å². The topological polar surface area (TPSA) is 8.17 Å². The summed E-state index contributed by atoms with van der Waals surface area (Å²) in [7, 11) is 0. The van der Waals surface area contributed by atoms with E-state index in [1.54, 1.807) is 0 Å². The Kier molecular flexibility index (Phi) is 8.62. The van der Waals surface area contributed by atoms with Crippen LogP contribution < -0.4 is 4.90 Å². The van der Waals surface area contributed by atoms with Crippen LogP contribution in [0.4, 0.5) is 17.1 Å². The third-order valence-corrected chi connectivity index (χ3v) is 13.4. The molecular weight excluding hydrogens is 713 g/mol. The lowest BCUT2D eigenvalue weighted by atomic mass is 9.82. The van der Waals surface area contributed by atoms with Gasteiger partial charge in [-0.1, -0.05) is 167 Å². The average Bonchev–Trinajstić information content (AvgIpc) is 3.75. The zero-order valence-electron chi connectivity index (χ0n) is 33.9. The van der Waals surface area contributed by atoms with Crippen molar-refractivity contribution in [2.45, 2.75) is 57.3 Å². The molecule has 0 radical (unpaired) electrons. The summed E-state index contributed by atoms with van der Waals surface area (Å²) in [5.41, 5.74) is 18.7. The molecule has 0 amide bonds. The molecule has 1 fully saturated rings. The number of hydrogen-bond donors (Lipinski definition) is 0. The van der Waals surface area contributed by atoms with E-state index in [1.807, 2.05) is 0 Å². The summed E-state index contributed by atoms with van der Waals surface area (Å²) < 4.78 is 2.44. The number of rotatable bonds is 7. The summed E-state index contributed by atoms with van der Waals surface area (Å²) in [6.07, 6.45) is 6.62. The van der Waals surface area contributed by atoms with Crippen molar-refractivity contribution in [2.75, 3.05) is 4.90 Å². The fourth-order valence-corrected chi connectivity index (χ4v) is 10.4. The van der Waals surface area contributed by atoms with E-state index in [4.69, 9.17) is 0 Å². The van der Waals surface area contributed by atoms with Crippen molar-refractivity contribution in [3.05, 3.63) is 205 Å². The normalized spacial score (nSPS) is 14.7. The maximum absolute atomic E-state index is 2.50. The Morgan fingerprint density at radius 2 is 1.02 bits per heavy atom. The van der Waals surface area contributed by atoms with E-state index < -0.39 is 0 Å².